The van der Waals surface area contributed by atoms with Crippen molar-refractivity contribution in [2.45, 2.75) is 27.4 Å². The molecular weight excluding hydrogens is 390 g/mol. The molecule has 1 N–H and O–H groups in total. The van der Waals surface area contributed by atoms with Crippen LogP contribution in [0, 0.1) is 20.8 Å². The Labute approximate surface area is 180 Å². The average molecular weight is 413 g/mol. The summed E-state index contributed by atoms with van der Waals surface area (Å²) in [4.78, 5) is 29.5. The standard InChI is InChI=1S/C25H23N3O3/c1-16-6-4-8-19(12-16)25(30)27-20-10-9-17(2)22(13-20)31-15-21-14-23(29)28-11-5-7-18(3)24(28)26-21/h4-14H,15H2,1-3H3,(H,27,30). The molecule has 1 amide bonds. The van der Waals surface area contributed by atoms with Crippen LogP contribution in [0.5, 0.6) is 5.75 Å². The summed E-state index contributed by atoms with van der Waals surface area (Å²) < 4.78 is 7.47. The van der Waals surface area contributed by atoms with Crippen molar-refractivity contribution in [1.82, 2.24) is 9.38 Å². The van der Waals surface area contributed by atoms with E-state index < -0.39 is 0 Å². The molecule has 2 heterocycles. The second-order valence-electron chi connectivity index (χ2n) is 7.56. The zero-order chi connectivity index (χ0) is 22.0. The molecule has 2 aromatic heterocycles. The molecule has 0 saturated heterocycles. The molecular formula is C25H23N3O3. The Morgan fingerprint density at radius 3 is 2.65 bits per heavy atom. The van der Waals surface area contributed by atoms with E-state index in [2.05, 4.69) is 10.3 Å². The molecule has 0 bridgehead atoms. The summed E-state index contributed by atoms with van der Waals surface area (Å²) in [7, 11) is 0. The van der Waals surface area contributed by atoms with Crippen LogP contribution in [-0.2, 0) is 6.61 Å². The number of nitrogens with one attached hydrogen (secondary N) is 1. The van der Waals surface area contributed by atoms with E-state index >= 15 is 0 Å². The van der Waals surface area contributed by atoms with Crippen molar-refractivity contribution in [2.24, 2.45) is 0 Å². The van der Waals surface area contributed by atoms with E-state index in [-0.39, 0.29) is 18.1 Å². The number of hydrogen-bond donors (Lipinski definition) is 1. The van der Waals surface area contributed by atoms with Crippen molar-refractivity contribution in [1.29, 1.82) is 0 Å². The van der Waals surface area contributed by atoms with E-state index in [0.29, 0.717) is 28.3 Å². The predicted octanol–water partition coefficient (Wildman–Crippen LogP) is 4.45. The summed E-state index contributed by atoms with van der Waals surface area (Å²) in [6.45, 7) is 5.93. The number of fused-ring (bicyclic) bond motifs is 1. The highest BCUT2D eigenvalue weighted by atomic mass is 16.5. The van der Waals surface area contributed by atoms with Gasteiger partial charge < -0.3 is 10.1 Å². The second-order valence-corrected chi connectivity index (χ2v) is 7.56. The molecule has 156 valence electrons. The number of hydrogen-bond acceptors (Lipinski definition) is 4. The number of amides is 1. The van der Waals surface area contributed by atoms with Gasteiger partial charge in [-0.1, -0.05) is 29.8 Å². The van der Waals surface area contributed by atoms with Crippen molar-refractivity contribution in [3.05, 3.63) is 105 Å². The van der Waals surface area contributed by atoms with E-state index in [9.17, 15) is 9.59 Å². The Morgan fingerprint density at radius 1 is 1.00 bits per heavy atom. The summed E-state index contributed by atoms with van der Waals surface area (Å²) in [5.74, 6) is 0.437. The first-order valence-electron chi connectivity index (χ1n) is 10.00. The fourth-order valence-electron chi connectivity index (χ4n) is 3.36. The van der Waals surface area contributed by atoms with Crippen LogP contribution in [0.1, 0.15) is 32.7 Å². The van der Waals surface area contributed by atoms with Crippen LogP contribution in [0.2, 0.25) is 0 Å². The van der Waals surface area contributed by atoms with Crippen molar-refractivity contribution in [2.75, 3.05) is 5.32 Å². The van der Waals surface area contributed by atoms with Gasteiger partial charge in [-0.05, 0) is 56.2 Å². The quantitative estimate of drug-likeness (QED) is 0.525. The van der Waals surface area contributed by atoms with Crippen LogP contribution in [0.3, 0.4) is 0 Å². The van der Waals surface area contributed by atoms with Crippen LogP contribution in [0.15, 0.2) is 71.7 Å². The maximum atomic E-state index is 12.5. The van der Waals surface area contributed by atoms with Gasteiger partial charge in [0.25, 0.3) is 11.5 Å². The smallest absolute Gasteiger partial charge is 0.258 e. The summed E-state index contributed by atoms with van der Waals surface area (Å²) in [6, 6.07) is 18.1. The maximum absolute atomic E-state index is 12.5. The second kappa shape index (κ2) is 8.44. The molecule has 0 unspecified atom stereocenters. The molecule has 4 rings (SSSR count). The minimum atomic E-state index is -0.182. The zero-order valence-electron chi connectivity index (χ0n) is 17.7. The molecule has 0 fully saturated rings. The fourth-order valence-corrected chi connectivity index (χ4v) is 3.36. The SMILES string of the molecule is Cc1cccc(C(=O)Nc2ccc(C)c(OCc3cc(=O)n4cccc(C)c4n3)c2)c1. The van der Waals surface area contributed by atoms with E-state index in [1.165, 1.54) is 10.5 Å². The maximum Gasteiger partial charge on any atom is 0.258 e. The number of nitrogens with zero attached hydrogens (tertiary/aromatic N) is 2. The van der Waals surface area contributed by atoms with Gasteiger partial charge in [-0.25, -0.2) is 4.98 Å². The number of carbonyl (C=O) groups excluding carboxylic acids is 1. The highest BCUT2D eigenvalue weighted by molar-refractivity contribution is 6.04. The molecule has 0 aliphatic rings. The van der Waals surface area contributed by atoms with Crippen LogP contribution >= 0.6 is 0 Å². The molecule has 4 aromatic rings. The van der Waals surface area contributed by atoms with E-state index in [1.54, 1.807) is 18.3 Å². The van der Waals surface area contributed by atoms with Gasteiger partial charge in [0, 0.05) is 29.6 Å². The van der Waals surface area contributed by atoms with Crippen molar-refractivity contribution >= 4 is 17.2 Å². The minimum Gasteiger partial charge on any atom is -0.487 e. The van der Waals surface area contributed by atoms with Gasteiger partial charge in [-0.15, -0.1) is 0 Å². The van der Waals surface area contributed by atoms with Crippen LogP contribution in [0.25, 0.3) is 5.65 Å². The van der Waals surface area contributed by atoms with Crippen molar-refractivity contribution in [3.63, 3.8) is 0 Å². The third-order valence-electron chi connectivity index (χ3n) is 5.04. The molecule has 0 aliphatic heterocycles. The Balaban J connectivity index is 1.53. The summed E-state index contributed by atoms with van der Waals surface area (Å²) >= 11 is 0. The molecule has 0 spiro atoms. The van der Waals surface area contributed by atoms with E-state index in [1.807, 2.05) is 63.2 Å². The Kier molecular flexibility index (Phi) is 5.54. The van der Waals surface area contributed by atoms with Gasteiger partial charge in [-0.2, -0.15) is 0 Å². The third-order valence-corrected chi connectivity index (χ3v) is 5.04. The Hall–Kier alpha value is -3.93. The lowest BCUT2D eigenvalue weighted by molar-refractivity contribution is 0.102. The van der Waals surface area contributed by atoms with E-state index in [0.717, 1.165) is 16.7 Å². The van der Waals surface area contributed by atoms with Gasteiger partial charge in [0.15, 0.2) is 0 Å². The monoisotopic (exact) mass is 413 g/mol. The highest BCUT2D eigenvalue weighted by Gasteiger charge is 2.10. The number of aryl methyl sites for hydroxylation is 3. The van der Waals surface area contributed by atoms with Crippen LogP contribution < -0.4 is 15.6 Å². The molecule has 6 heteroatoms. The normalized spacial score (nSPS) is 10.8. The predicted molar refractivity (Wildman–Crippen MR) is 121 cm³/mol. The zero-order valence-corrected chi connectivity index (χ0v) is 17.7. The lowest BCUT2D eigenvalue weighted by atomic mass is 10.1. The fraction of sp³-hybridized carbons (Fsp3) is 0.160. The largest absolute Gasteiger partial charge is 0.487 e. The number of ether oxygens (including phenoxy) is 1. The first-order valence-corrected chi connectivity index (χ1v) is 10.00. The third kappa shape index (κ3) is 4.48. The molecule has 6 nitrogen and oxygen atoms in total. The van der Waals surface area contributed by atoms with Crippen LogP contribution in [0.4, 0.5) is 5.69 Å². The Morgan fingerprint density at radius 2 is 1.84 bits per heavy atom. The van der Waals surface area contributed by atoms with Crippen molar-refractivity contribution in [3.8, 4) is 5.75 Å². The van der Waals surface area contributed by atoms with Gasteiger partial charge in [0.2, 0.25) is 0 Å². The highest BCUT2D eigenvalue weighted by Crippen LogP contribution is 2.24. The first-order chi connectivity index (χ1) is 14.9. The number of pyridine rings is 1. The van der Waals surface area contributed by atoms with Gasteiger partial charge in [-0.3, -0.25) is 14.0 Å². The lowest BCUT2D eigenvalue weighted by Gasteiger charge is -2.12. The summed E-state index contributed by atoms with van der Waals surface area (Å²) in [5, 5.41) is 2.90. The topological polar surface area (TPSA) is 72.7 Å². The molecule has 0 radical (unpaired) electrons. The number of anilines is 1. The molecule has 31 heavy (non-hydrogen) atoms. The average Bonchev–Trinajstić information content (AvgIpc) is 2.75. The minimum absolute atomic E-state index is 0.149. The molecule has 0 aliphatic carbocycles. The summed E-state index contributed by atoms with van der Waals surface area (Å²) in [5.41, 5.74) is 5.10. The number of rotatable bonds is 5. The van der Waals surface area contributed by atoms with Gasteiger partial charge in [0.1, 0.15) is 18.0 Å². The molecule has 0 saturated carbocycles. The van der Waals surface area contributed by atoms with Gasteiger partial charge >= 0.3 is 0 Å². The summed E-state index contributed by atoms with van der Waals surface area (Å²) in [6.07, 6.45) is 1.70. The van der Waals surface area contributed by atoms with Crippen molar-refractivity contribution < 1.29 is 9.53 Å². The molecule has 2 aromatic carbocycles. The van der Waals surface area contributed by atoms with E-state index in [4.69, 9.17) is 4.74 Å². The lowest BCUT2D eigenvalue weighted by Crippen LogP contribution is -2.17. The van der Waals surface area contributed by atoms with Gasteiger partial charge in [0.05, 0.1) is 5.69 Å². The Bertz CT molecular complexity index is 1340. The number of aromatic nitrogens is 2. The van der Waals surface area contributed by atoms with Crippen LogP contribution in [-0.4, -0.2) is 15.3 Å². The number of benzene rings is 2. The number of carbonyl (C=O) groups is 1. The molecule has 0 atom stereocenters. The first kappa shape index (κ1) is 20.3.